The van der Waals surface area contributed by atoms with Gasteiger partial charge in [-0.05, 0) is 37.5 Å². The van der Waals surface area contributed by atoms with Crippen molar-refractivity contribution in [3.05, 3.63) is 34.4 Å². The molecule has 0 aliphatic rings. The zero-order valence-corrected chi connectivity index (χ0v) is 9.27. The average molecular weight is 214 g/mol. The van der Waals surface area contributed by atoms with Crippen molar-refractivity contribution < 1.29 is 13.9 Å². The first kappa shape index (κ1) is 12.1. The highest BCUT2D eigenvalue weighted by molar-refractivity contribution is 5.38. The highest BCUT2D eigenvalue weighted by Crippen LogP contribution is 2.25. The molecule has 1 rings (SSSR count). The van der Waals surface area contributed by atoms with Crippen LogP contribution in [0.1, 0.15) is 22.3 Å². The number of benzene rings is 1. The first-order valence-electron chi connectivity index (χ1n) is 4.91. The van der Waals surface area contributed by atoms with Gasteiger partial charge < -0.3 is 5.11 Å². The highest BCUT2D eigenvalue weighted by Gasteiger charge is 2.29. The number of alkyl halides is 2. The summed E-state index contributed by atoms with van der Waals surface area (Å²) < 4.78 is 26.1. The third-order valence-electron chi connectivity index (χ3n) is 2.51. The van der Waals surface area contributed by atoms with Crippen LogP contribution >= 0.6 is 0 Å². The molecule has 0 unspecified atom stereocenters. The van der Waals surface area contributed by atoms with Gasteiger partial charge in [0.05, 0.1) is 0 Å². The first-order valence-corrected chi connectivity index (χ1v) is 4.91. The molecule has 0 amide bonds. The summed E-state index contributed by atoms with van der Waals surface area (Å²) in [5.74, 6) is -3.02. The maximum absolute atomic E-state index is 13.0. The van der Waals surface area contributed by atoms with Crippen molar-refractivity contribution in [2.24, 2.45) is 0 Å². The van der Waals surface area contributed by atoms with Crippen LogP contribution in [0, 0.1) is 20.8 Å². The van der Waals surface area contributed by atoms with E-state index in [2.05, 4.69) is 0 Å². The summed E-state index contributed by atoms with van der Waals surface area (Å²) in [5, 5.41) is 8.54. The van der Waals surface area contributed by atoms with Crippen LogP contribution in [0.25, 0.3) is 0 Å². The van der Waals surface area contributed by atoms with E-state index in [-0.39, 0.29) is 6.42 Å². The van der Waals surface area contributed by atoms with Gasteiger partial charge in [0.15, 0.2) is 0 Å². The third kappa shape index (κ3) is 2.99. The molecule has 1 aromatic rings. The number of aliphatic hydroxyl groups excluding tert-OH is 1. The number of aryl methyl sites for hydroxylation is 3. The minimum absolute atomic E-state index is 0.387. The number of hydrogen-bond donors (Lipinski definition) is 1. The van der Waals surface area contributed by atoms with E-state index in [1.165, 1.54) is 0 Å². The molecule has 0 fully saturated rings. The van der Waals surface area contributed by atoms with Crippen molar-refractivity contribution >= 4 is 0 Å². The summed E-state index contributed by atoms with van der Waals surface area (Å²) in [5.41, 5.74) is 3.43. The van der Waals surface area contributed by atoms with Crippen LogP contribution in [0.2, 0.25) is 0 Å². The lowest BCUT2D eigenvalue weighted by Crippen LogP contribution is -2.25. The van der Waals surface area contributed by atoms with Crippen LogP contribution in [-0.2, 0) is 6.42 Å². The van der Waals surface area contributed by atoms with Crippen molar-refractivity contribution in [2.45, 2.75) is 33.1 Å². The van der Waals surface area contributed by atoms with Gasteiger partial charge in [-0.2, -0.15) is 0 Å². The molecule has 0 radical (unpaired) electrons. The van der Waals surface area contributed by atoms with Gasteiger partial charge in [-0.25, -0.2) is 8.78 Å². The minimum atomic E-state index is -3.02. The Balaban J connectivity index is 3.05. The maximum atomic E-state index is 13.0. The normalized spacial score (nSPS) is 11.9. The van der Waals surface area contributed by atoms with Crippen molar-refractivity contribution in [3.8, 4) is 0 Å². The second-order valence-electron chi connectivity index (χ2n) is 4.07. The molecule has 0 spiro atoms. The SMILES string of the molecule is Cc1cc(C)c(CC(F)(F)CO)c(C)c1. The van der Waals surface area contributed by atoms with Gasteiger partial charge in [-0.15, -0.1) is 0 Å². The Morgan fingerprint density at radius 3 is 2.00 bits per heavy atom. The quantitative estimate of drug-likeness (QED) is 0.820. The minimum Gasteiger partial charge on any atom is -0.390 e. The van der Waals surface area contributed by atoms with Gasteiger partial charge in [-0.3, -0.25) is 0 Å². The summed E-state index contributed by atoms with van der Waals surface area (Å²) in [4.78, 5) is 0. The molecule has 3 heteroatoms. The molecular formula is C12H16F2O. The summed E-state index contributed by atoms with van der Waals surface area (Å²) in [7, 11) is 0. The second kappa shape index (κ2) is 4.27. The average Bonchev–Trinajstić information content (AvgIpc) is 2.11. The molecule has 15 heavy (non-hydrogen) atoms. The van der Waals surface area contributed by atoms with Crippen LogP contribution in [0.5, 0.6) is 0 Å². The molecule has 0 aliphatic carbocycles. The zero-order chi connectivity index (χ0) is 11.6. The Morgan fingerprint density at radius 2 is 1.60 bits per heavy atom. The van der Waals surface area contributed by atoms with Gasteiger partial charge in [0.1, 0.15) is 6.61 Å². The Hall–Kier alpha value is -0.960. The second-order valence-corrected chi connectivity index (χ2v) is 4.07. The molecule has 0 atom stereocenters. The zero-order valence-electron chi connectivity index (χ0n) is 9.27. The largest absolute Gasteiger partial charge is 0.390 e. The van der Waals surface area contributed by atoms with E-state index in [0.717, 1.165) is 16.7 Å². The van der Waals surface area contributed by atoms with Crippen molar-refractivity contribution in [3.63, 3.8) is 0 Å². The monoisotopic (exact) mass is 214 g/mol. The maximum Gasteiger partial charge on any atom is 0.274 e. The van der Waals surface area contributed by atoms with Crippen LogP contribution in [0.3, 0.4) is 0 Å². The van der Waals surface area contributed by atoms with Gasteiger partial charge in [0.25, 0.3) is 5.92 Å². The van der Waals surface area contributed by atoms with E-state index < -0.39 is 12.5 Å². The molecule has 1 nitrogen and oxygen atoms in total. The molecule has 0 heterocycles. The summed E-state index contributed by atoms with van der Waals surface area (Å²) in [6.07, 6.45) is -0.387. The molecule has 0 aliphatic heterocycles. The fourth-order valence-corrected chi connectivity index (χ4v) is 1.80. The van der Waals surface area contributed by atoms with Crippen molar-refractivity contribution in [1.82, 2.24) is 0 Å². The van der Waals surface area contributed by atoms with Gasteiger partial charge in [-0.1, -0.05) is 17.7 Å². The molecule has 1 aromatic carbocycles. The standard InChI is InChI=1S/C12H16F2O/c1-8-4-9(2)11(10(3)5-8)6-12(13,14)7-15/h4-5,15H,6-7H2,1-3H3. The summed E-state index contributed by atoms with van der Waals surface area (Å²) in [6.45, 7) is 4.49. The third-order valence-corrected chi connectivity index (χ3v) is 2.51. The Kier molecular flexibility index (Phi) is 3.45. The van der Waals surface area contributed by atoms with Crippen LogP contribution in [0.15, 0.2) is 12.1 Å². The van der Waals surface area contributed by atoms with E-state index >= 15 is 0 Å². The molecule has 0 saturated heterocycles. The van der Waals surface area contributed by atoms with E-state index in [1.54, 1.807) is 0 Å². The fourth-order valence-electron chi connectivity index (χ4n) is 1.80. The van der Waals surface area contributed by atoms with Crippen molar-refractivity contribution in [1.29, 1.82) is 0 Å². The fraction of sp³-hybridized carbons (Fsp3) is 0.500. The summed E-state index contributed by atoms with van der Waals surface area (Å²) >= 11 is 0. The molecular weight excluding hydrogens is 198 g/mol. The molecule has 1 N–H and O–H groups in total. The molecule has 0 bridgehead atoms. The van der Waals surface area contributed by atoms with E-state index in [0.29, 0.717) is 5.56 Å². The van der Waals surface area contributed by atoms with Crippen LogP contribution in [0.4, 0.5) is 8.78 Å². The topological polar surface area (TPSA) is 20.2 Å². The lowest BCUT2D eigenvalue weighted by Gasteiger charge is -2.17. The van der Waals surface area contributed by atoms with E-state index in [1.807, 2.05) is 32.9 Å². The van der Waals surface area contributed by atoms with Crippen LogP contribution < -0.4 is 0 Å². The van der Waals surface area contributed by atoms with Gasteiger partial charge in [0.2, 0.25) is 0 Å². The number of halogens is 2. The molecule has 0 saturated carbocycles. The highest BCUT2D eigenvalue weighted by atomic mass is 19.3. The van der Waals surface area contributed by atoms with Gasteiger partial charge in [0, 0.05) is 6.42 Å². The lowest BCUT2D eigenvalue weighted by molar-refractivity contribution is -0.0490. The predicted octanol–water partition coefficient (Wildman–Crippen LogP) is 2.78. The molecule has 84 valence electrons. The first-order chi connectivity index (χ1) is 6.85. The number of hydrogen-bond acceptors (Lipinski definition) is 1. The number of rotatable bonds is 3. The van der Waals surface area contributed by atoms with E-state index in [4.69, 9.17) is 5.11 Å². The van der Waals surface area contributed by atoms with Crippen molar-refractivity contribution in [2.75, 3.05) is 6.61 Å². The smallest absolute Gasteiger partial charge is 0.274 e. The number of aliphatic hydroxyl groups is 1. The lowest BCUT2D eigenvalue weighted by atomic mass is 9.95. The Bertz CT molecular complexity index is 336. The summed E-state index contributed by atoms with van der Waals surface area (Å²) in [6, 6.07) is 3.77. The van der Waals surface area contributed by atoms with Crippen LogP contribution in [-0.4, -0.2) is 17.6 Å². The Morgan fingerprint density at radius 1 is 1.13 bits per heavy atom. The molecule has 0 aromatic heterocycles. The van der Waals surface area contributed by atoms with Gasteiger partial charge >= 0.3 is 0 Å². The Labute approximate surface area is 88.7 Å². The van der Waals surface area contributed by atoms with E-state index in [9.17, 15) is 8.78 Å². The predicted molar refractivity (Wildman–Crippen MR) is 56.4 cm³/mol.